The van der Waals surface area contributed by atoms with Gasteiger partial charge in [0.25, 0.3) is 0 Å². The van der Waals surface area contributed by atoms with E-state index < -0.39 is 0 Å². The van der Waals surface area contributed by atoms with E-state index in [9.17, 15) is 9.59 Å². The van der Waals surface area contributed by atoms with E-state index in [0.29, 0.717) is 24.1 Å². The van der Waals surface area contributed by atoms with Crippen molar-refractivity contribution in [2.75, 3.05) is 18.7 Å². The smallest absolute Gasteiger partial charge is 0.246 e. The second kappa shape index (κ2) is 6.16. The van der Waals surface area contributed by atoms with Gasteiger partial charge in [-0.25, -0.2) is 0 Å². The van der Waals surface area contributed by atoms with Gasteiger partial charge < -0.3 is 14.8 Å². The van der Waals surface area contributed by atoms with Crippen LogP contribution >= 0.6 is 11.8 Å². The Bertz CT molecular complexity index is 783. The minimum Gasteiger partial charge on any atom is -0.361 e. The number of H-pyrrole nitrogens is 1. The third-order valence-corrected chi connectivity index (χ3v) is 5.96. The number of carbonyl (C=O) groups excluding carboxylic acids is 2. The molecule has 1 atom stereocenters. The van der Waals surface area contributed by atoms with Crippen molar-refractivity contribution in [2.24, 2.45) is 0 Å². The van der Waals surface area contributed by atoms with Gasteiger partial charge >= 0.3 is 0 Å². The second-order valence-electron chi connectivity index (χ2n) is 6.60. The van der Waals surface area contributed by atoms with E-state index in [1.165, 1.54) is 0 Å². The molecule has 6 heteroatoms. The predicted molar refractivity (Wildman–Crippen MR) is 95.8 cm³/mol. The normalized spacial score (nSPS) is 20.5. The first-order valence-corrected chi connectivity index (χ1v) is 9.49. The average molecular weight is 343 g/mol. The molecular formula is C18H21N3O2S. The van der Waals surface area contributed by atoms with Crippen molar-refractivity contribution in [1.29, 1.82) is 0 Å². The lowest BCUT2D eigenvalue weighted by Gasteiger charge is -2.27. The molecule has 2 aromatic rings. The topological polar surface area (TPSA) is 56.4 Å². The van der Waals surface area contributed by atoms with Gasteiger partial charge in [0.05, 0.1) is 12.3 Å². The number of para-hydroxylation sites is 1. The minimum absolute atomic E-state index is 0.0345. The average Bonchev–Trinajstić information content (AvgIpc) is 3.19. The van der Waals surface area contributed by atoms with Crippen LogP contribution < -0.4 is 0 Å². The Morgan fingerprint density at radius 1 is 1.33 bits per heavy atom. The molecule has 1 aliphatic heterocycles. The molecule has 4 rings (SSSR count). The number of likely N-dealkylation sites (N-methyl/N-ethyl adjacent to an activating group) is 1. The molecule has 5 nitrogen and oxygen atoms in total. The van der Waals surface area contributed by atoms with Gasteiger partial charge in [-0.2, -0.15) is 0 Å². The number of nitrogens with zero attached hydrogens (tertiary/aromatic N) is 2. The number of hydrogen-bond acceptors (Lipinski definition) is 3. The quantitative estimate of drug-likeness (QED) is 0.926. The molecule has 0 spiro atoms. The van der Waals surface area contributed by atoms with Gasteiger partial charge in [0.2, 0.25) is 11.8 Å². The maximum atomic E-state index is 12.8. The van der Waals surface area contributed by atoms with Crippen LogP contribution in [0.15, 0.2) is 30.5 Å². The third-order valence-electron chi connectivity index (χ3n) is 4.95. The van der Waals surface area contributed by atoms with Crippen molar-refractivity contribution in [3.63, 3.8) is 0 Å². The lowest BCUT2D eigenvalue weighted by atomic mass is 10.1. The summed E-state index contributed by atoms with van der Waals surface area (Å²) in [6.45, 7) is 0. The highest BCUT2D eigenvalue weighted by Crippen LogP contribution is 2.30. The van der Waals surface area contributed by atoms with E-state index in [1.54, 1.807) is 16.7 Å². The highest BCUT2D eigenvalue weighted by Gasteiger charge is 2.40. The molecule has 1 saturated carbocycles. The highest BCUT2D eigenvalue weighted by molar-refractivity contribution is 7.99. The molecule has 126 valence electrons. The largest absolute Gasteiger partial charge is 0.361 e. The van der Waals surface area contributed by atoms with Gasteiger partial charge in [0, 0.05) is 35.9 Å². The molecule has 1 N–H and O–H groups in total. The van der Waals surface area contributed by atoms with Crippen molar-refractivity contribution in [3.8, 4) is 0 Å². The monoisotopic (exact) mass is 343 g/mol. The van der Waals surface area contributed by atoms with Crippen LogP contribution in [0.3, 0.4) is 0 Å². The van der Waals surface area contributed by atoms with Crippen LogP contribution in [0.1, 0.15) is 18.4 Å². The number of rotatable bonds is 4. The molecule has 2 heterocycles. The maximum absolute atomic E-state index is 12.8. The first-order valence-electron chi connectivity index (χ1n) is 8.34. The molecule has 2 aliphatic rings. The van der Waals surface area contributed by atoms with Gasteiger partial charge in [0.1, 0.15) is 6.04 Å². The number of fused-ring (bicyclic) bond motifs is 1. The molecule has 1 aromatic carbocycles. The van der Waals surface area contributed by atoms with E-state index in [4.69, 9.17) is 0 Å². The predicted octanol–water partition coefficient (Wildman–Crippen LogP) is 2.23. The van der Waals surface area contributed by atoms with Gasteiger partial charge in [-0.1, -0.05) is 18.2 Å². The van der Waals surface area contributed by atoms with Crippen LogP contribution in [0.4, 0.5) is 0 Å². The Labute approximate surface area is 145 Å². The molecule has 0 bridgehead atoms. The summed E-state index contributed by atoms with van der Waals surface area (Å²) in [5.74, 6) is 1.44. The van der Waals surface area contributed by atoms with Gasteiger partial charge in [0.15, 0.2) is 0 Å². The molecular weight excluding hydrogens is 322 g/mol. The molecule has 0 unspecified atom stereocenters. The standard InChI is InChI=1S/C18H21N3O2S/c1-20(13-6-7-13)18(23)16-10-24-11-21(16)17(22)8-12-9-19-15-5-3-2-4-14(12)15/h2-5,9,13,16,19H,6-8,10-11H2,1H3/t16-/m1/s1. The summed E-state index contributed by atoms with van der Waals surface area (Å²) in [5.41, 5.74) is 2.03. The van der Waals surface area contributed by atoms with Crippen molar-refractivity contribution in [2.45, 2.75) is 31.3 Å². The zero-order valence-corrected chi connectivity index (χ0v) is 14.5. The summed E-state index contributed by atoms with van der Waals surface area (Å²) in [4.78, 5) is 32.3. The van der Waals surface area contributed by atoms with Gasteiger partial charge in [-0.15, -0.1) is 11.8 Å². The summed E-state index contributed by atoms with van der Waals surface area (Å²) in [6.07, 6.45) is 4.41. The van der Waals surface area contributed by atoms with Crippen LogP contribution in [0.5, 0.6) is 0 Å². The Kier molecular flexibility index (Phi) is 4.00. The lowest BCUT2D eigenvalue weighted by Crippen LogP contribution is -2.48. The molecule has 24 heavy (non-hydrogen) atoms. The van der Waals surface area contributed by atoms with E-state index in [-0.39, 0.29) is 17.9 Å². The van der Waals surface area contributed by atoms with Crippen LogP contribution in [0, 0.1) is 0 Å². The molecule has 1 aromatic heterocycles. The fraction of sp³-hybridized carbons (Fsp3) is 0.444. The van der Waals surface area contributed by atoms with Crippen LogP contribution in [-0.4, -0.2) is 57.4 Å². The zero-order chi connectivity index (χ0) is 16.7. The Morgan fingerprint density at radius 3 is 2.92 bits per heavy atom. The van der Waals surface area contributed by atoms with Crippen LogP contribution in [0.25, 0.3) is 10.9 Å². The number of nitrogens with one attached hydrogen (secondary N) is 1. The number of aromatic nitrogens is 1. The molecule has 2 fully saturated rings. The van der Waals surface area contributed by atoms with Crippen molar-refractivity contribution in [3.05, 3.63) is 36.0 Å². The highest BCUT2D eigenvalue weighted by atomic mass is 32.2. The summed E-state index contributed by atoms with van der Waals surface area (Å²) < 4.78 is 0. The number of aromatic amines is 1. The summed E-state index contributed by atoms with van der Waals surface area (Å²) in [6, 6.07) is 8.06. The van der Waals surface area contributed by atoms with E-state index in [1.807, 2.05) is 42.4 Å². The summed E-state index contributed by atoms with van der Waals surface area (Å²) in [5, 5.41) is 1.08. The fourth-order valence-electron chi connectivity index (χ4n) is 3.31. The van der Waals surface area contributed by atoms with Gasteiger partial charge in [-0.3, -0.25) is 9.59 Å². The van der Waals surface area contributed by atoms with Crippen LogP contribution in [0.2, 0.25) is 0 Å². The molecule has 0 radical (unpaired) electrons. The minimum atomic E-state index is -0.307. The maximum Gasteiger partial charge on any atom is 0.246 e. The van der Waals surface area contributed by atoms with Crippen LogP contribution in [-0.2, 0) is 16.0 Å². The number of thioether (sulfide) groups is 1. The number of benzene rings is 1. The Hall–Kier alpha value is -1.95. The first kappa shape index (κ1) is 15.6. The Balaban J connectivity index is 1.49. The molecule has 1 aliphatic carbocycles. The number of hydrogen-bond donors (Lipinski definition) is 1. The van der Waals surface area contributed by atoms with Crippen molar-refractivity contribution >= 4 is 34.5 Å². The molecule has 1 saturated heterocycles. The zero-order valence-electron chi connectivity index (χ0n) is 13.7. The molecule has 2 amide bonds. The van der Waals surface area contributed by atoms with E-state index in [2.05, 4.69) is 4.98 Å². The second-order valence-corrected chi connectivity index (χ2v) is 7.60. The SMILES string of the molecule is CN(C(=O)[C@H]1CSCN1C(=O)Cc1c[nH]c2ccccc12)C1CC1. The van der Waals surface area contributed by atoms with Crippen molar-refractivity contribution < 1.29 is 9.59 Å². The summed E-state index contributed by atoms with van der Waals surface area (Å²) >= 11 is 1.66. The summed E-state index contributed by atoms with van der Waals surface area (Å²) in [7, 11) is 1.87. The third kappa shape index (κ3) is 2.79. The first-order chi connectivity index (χ1) is 11.6. The lowest BCUT2D eigenvalue weighted by molar-refractivity contribution is -0.142. The Morgan fingerprint density at radius 2 is 2.12 bits per heavy atom. The number of carbonyl (C=O) groups is 2. The van der Waals surface area contributed by atoms with E-state index in [0.717, 1.165) is 29.3 Å². The fourth-order valence-corrected chi connectivity index (χ4v) is 4.48. The van der Waals surface area contributed by atoms with Gasteiger partial charge in [-0.05, 0) is 24.5 Å². The van der Waals surface area contributed by atoms with E-state index >= 15 is 0 Å². The number of amides is 2. The van der Waals surface area contributed by atoms with Crippen molar-refractivity contribution in [1.82, 2.24) is 14.8 Å².